The number of hydrogen-bond acceptors (Lipinski definition) is 7. The molecule has 38 heavy (non-hydrogen) atoms. The monoisotopic (exact) mass is 528 g/mol. The number of rotatable bonds is 8. The molecule has 1 N–H and O–H groups in total. The normalized spacial score (nSPS) is 15.5. The summed E-state index contributed by atoms with van der Waals surface area (Å²) in [6.07, 6.45) is 4.36. The number of H-pyrrole nitrogens is 1. The molecule has 5 rings (SSSR count). The largest absolute Gasteiger partial charge is 0.497 e. The lowest BCUT2D eigenvalue weighted by Gasteiger charge is -2.15. The molecule has 192 valence electrons. The van der Waals surface area contributed by atoms with E-state index in [4.69, 9.17) is 9.47 Å². The van der Waals surface area contributed by atoms with Gasteiger partial charge in [-0.25, -0.2) is 4.99 Å². The molecule has 0 atom stereocenters. The van der Waals surface area contributed by atoms with Crippen molar-refractivity contribution in [1.82, 2.24) is 9.88 Å². The number of benzene rings is 3. The van der Waals surface area contributed by atoms with E-state index < -0.39 is 4.92 Å². The Balaban J connectivity index is 1.48. The highest BCUT2D eigenvalue weighted by Crippen LogP contribution is 2.37. The maximum atomic E-state index is 13.6. The van der Waals surface area contributed by atoms with Gasteiger partial charge < -0.3 is 14.5 Å². The highest BCUT2D eigenvalue weighted by Gasteiger charge is 2.33. The fourth-order valence-corrected chi connectivity index (χ4v) is 5.21. The van der Waals surface area contributed by atoms with Crippen LogP contribution in [0.15, 0.2) is 82.8 Å². The van der Waals surface area contributed by atoms with Gasteiger partial charge in [-0.2, -0.15) is 0 Å². The van der Waals surface area contributed by atoms with Crippen LogP contribution >= 0.6 is 11.8 Å². The van der Waals surface area contributed by atoms with E-state index in [1.54, 1.807) is 49.5 Å². The first-order chi connectivity index (χ1) is 18.5. The second-order valence-electron chi connectivity index (χ2n) is 8.45. The van der Waals surface area contributed by atoms with Gasteiger partial charge in [0.1, 0.15) is 11.5 Å². The number of nitro benzene ring substituents is 1. The first-order valence-electron chi connectivity index (χ1n) is 11.8. The van der Waals surface area contributed by atoms with E-state index in [0.717, 1.165) is 22.0 Å². The number of hydrogen-bond donors (Lipinski definition) is 1. The predicted molar refractivity (Wildman–Crippen MR) is 149 cm³/mol. The second-order valence-corrected chi connectivity index (χ2v) is 9.46. The highest BCUT2D eigenvalue weighted by atomic mass is 32.2. The van der Waals surface area contributed by atoms with E-state index in [-0.39, 0.29) is 11.6 Å². The van der Waals surface area contributed by atoms with Gasteiger partial charge in [0.15, 0.2) is 5.17 Å². The van der Waals surface area contributed by atoms with Crippen LogP contribution in [-0.2, 0) is 11.2 Å². The Bertz CT molecular complexity index is 1580. The molecule has 0 saturated carbocycles. The summed E-state index contributed by atoms with van der Waals surface area (Å²) in [4.78, 5) is 34.3. The molecule has 1 aromatic heterocycles. The van der Waals surface area contributed by atoms with Gasteiger partial charge in [-0.05, 0) is 60.2 Å². The van der Waals surface area contributed by atoms with Crippen LogP contribution in [0.4, 0.5) is 11.4 Å². The number of aromatic amines is 1. The number of aliphatic imine (C=N–C) groups is 1. The lowest BCUT2D eigenvalue weighted by atomic mass is 10.1. The van der Waals surface area contributed by atoms with Gasteiger partial charge in [-0.1, -0.05) is 18.2 Å². The van der Waals surface area contributed by atoms with Gasteiger partial charge in [-0.15, -0.1) is 0 Å². The SMILES string of the molecule is COc1ccc(/C=C2\SC(=Nc3ccc([N+](=O)[O-])cc3)N(CCc3c[nH]c4ccccc34)C2=O)c(OC)c1. The third kappa shape index (κ3) is 5.12. The Labute approximate surface area is 222 Å². The quantitative estimate of drug-likeness (QED) is 0.172. The molecular weight excluding hydrogens is 504 g/mol. The van der Waals surface area contributed by atoms with Crippen molar-refractivity contribution in [3.8, 4) is 11.5 Å². The van der Waals surface area contributed by atoms with Crippen LogP contribution < -0.4 is 9.47 Å². The number of nitrogens with zero attached hydrogens (tertiary/aromatic N) is 3. The molecule has 0 unspecified atom stereocenters. The fourth-order valence-electron chi connectivity index (χ4n) is 4.20. The van der Waals surface area contributed by atoms with Crippen molar-refractivity contribution >= 4 is 51.2 Å². The molecule has 0 bridgehead atoms. The summed E-state index contributed by atoms with van der Waals surface area (Å²) in [6, 6.07) is 19.4. The molecule has 10 heteroatoms. The van der Waals surface area contributed by atoms with Gasteiger partial charge in [-0.3, -0.25) is 19.8 Å². The molecule has 4 aromatic rings. The average molecular weight is 529 g/mol. The lowest BCUT2D eigenvalue weighted by Crippen LogP contribution is -2.31. The Morgan fingerprint density at radius 2 is 1.87 bits per heavy atom. The minimum Gasteiger partial charge on any atom is -0.497 e. The van der Waals surface area contributed by atoms with Crippen LogP contribution in [0.5, 0.6) is 11.5 Å². The Morgan fingerprint density at radius 3 is 2.61 bits per heavy atom. The number of amides is 1. The van der Waals surface area contributed by atoms with Crippen molar-refractivity contribution < 1.29 is 19.2 Å². The maximum Gasteiger partial charge on any atom is 0.269 e. The van der Waals surface area contributed by atoms with E-state index in [2.05, 4.69) is 16.0 Å². The molecule has 0 radical (unpaired) electrons. The number of aromatic nitrogens is 1. The number of ether oxygens (including phenoxy) is 2. The summed E-state index contributed by atoms with van der Waals surface area (Å²) in [5, 5.41) is 12.6. The van der Waals surface area contributed by atoms with Crippen LogP contribution in [0.2, 0.25) is 0 Å². The van der Waals surface area contributed by atoms with Crippen molar-refractivity contribution in [3.05, 3.63) is 99.1 Å². The van der Waals surface area contributed by atoms with Crippen molar-refractivity contribution in [3.63, 3.8) is 0 Å². The summed E-state index contributed by atoms with van der Waals surface area (Å²) in [6.45, 7) is 0.413. The number of fused-ring (bicyclic) bond motifs is 1. The van der Waals surface area contributed by atoms with E-state index in [0.29, 0.717) is 40.2 Å². The molecule has 1 saturated heterocycles. The molecular formula is C28H24N4O5S. The molecule has 1 aliphatic heterocycles. The molecule has 0 spiro atoms. The minimum absolute atomic E-state index is 0.0209. The van der Waals surface area contributed by atoms with Gasteiger partial charge >= 0.3 is 0 Å². The number of para-hydroxylation sites is 1. The predicted octanol–water partition coefficient (Wildman–Crippen LogP) is 5.94. The Morgan fingerprint density at radius 1 is 1.08 bits per heavy atom. The average Bonchev–Trinajstić information content (AvgIpc) is 3.48. The third-order valence-electron chi connectivity index (χ3n) is 6.18. The summed E-state index contributed by atoms with van der Waals surface area (Å²) >= 11 is 1.26. The number of nitro groups is 1. The highest BCUT2D eigenvalue weighted by molar-refractivity contribution is 8.18. The van der Waals surface area contributed by atoms with Crippen LogP contribution in [0.3, 0.4) is 0 Å². The maximum absolute atomic E-state index is 13.6. The van der Waals surface area contributed by atoms with Gasteiger partial charge in [0.05, 0.1) is 29.7 Å². The number of amidine groups is 1. The molecule has 1 fully saturated rings. The zero-order valence-electron chi connectivity index (χ0n) is 20.7. The molecule has 0 aliphatic carbocycles. The van der Waals surface area contributed by atoms with Crippen molar-refractivity contribution in [2.24, 2.45) is 4.99 Å². The van der Waals surface area contributed by atoms with Crippen molar-refractivity contribution in [2.45, 2.75) is 6.42 Å². The first kappa shape index (κ1) is 25.1. The minimum atomic E-state index is -0.457. The molecule has 1 amide bonds. The standard InChI is InChI=1S/C28H24N4O5S/c1-36-22-12-7-18(25(16-22)37-2)15-26-27(33)31(14-13-19-17-29-24-6-4-3-5-23(19)24)28(38-26)30-20-8-10-21(11-9-20)32(34)35/h3-12,15-17,29H,13-14H2,1-2H3/b26-15-,30-28?. The van der Waals surface area contributed by atoms with E-state index in [1.807, 2.05) is 30.5 Å². The number of carbonyl (C=O) groups excluding carboxylic acids is 1. The molecule has 3 aromatic carbocycles. The zero-order chi connectivity index (χ0) is 26.6. The first-order valence-corrected chi connectivity index (χ1v) is 12.6. The molecule has 1 aliphatic rings. The summed E-state index contributed by atoms with van der Waals surface area (Å²) in [5.74, 6) is 1.06. The van der Waals surface area contributed by atoms with Crippen molar-refractivity contribution in [1.29, 1.82) is 0 Å². The number of nitrogens with one attached hydrogen (secondary N) is 1. The second kappa shape index (κ2) is 10.8. The smallest absolute Gasteiger partial charge is 0.269 e. The Kier molecular flexibility index (Phi) is 7.14. The number of carbonyl (C=O) groups is 1. The van der Waals surface area contributed by atoms with E-state index in [1.165, 1.54) is 23.9 Å². The number of non-ortho nitro benzene ring substituents is 1. The van der Waals surface area contributed by atoms with E-state index >= 15 is 0 Å². The lowest BCUT2D eigenvalue weighted by molar-refractivity contribution is -0.384. The van der Waals surface area contributed by atoms with E-state index in [9.17, 15) is 14.9 Å². The molecule has 9 nitrogen and oxygen atoms in total. The summed E-state index contributed by atoms with van der Waals surface area (Å²) in [7, 11) is 3.14. The van der Waals surface area contributed by atoms with Crippen LogP contribution in [0.1, 0.15) is 11.1 Å². The number of thioether (sulfide) groups is 1. The van der Waals surface area contributed by atoms with Gasteiger partial charge in [0, 0.05) is 47.4 Å². The summed E-state index contributed by atoms with van der Waals surface area (Å²) < 4.78 is 10.8. The van der Waals surface area contributed by atoms with Gasteiger partial charge in [0.25, 0.3) is 11.6 Å². The molecule has 2 heterocycles. The van der Waals surface area contributed by atoms with Crippen LogP contribution in [-0.4, -0.2) is 46.6 Å². The Hall–Kier alpha value is -4.57. The van der Waals surface area contributed by atoms with Crippen molar-refractivity contribution in [2.75, 3.05) is 20.8 Å². The zero-order valence-corrected chi connectivity index (χ0v) is 21.5. The summed E-state index contributed by atoms with van der Waals surface area (Å²) in [5.41, 5.74) is 3.37. The van der Waals surface area contributed by atoms with Crippen LogP contribution in [0.25, 0.3) is 17.0 Å². The topological polar surface area (TPSA) is 110 Å². The fraction of sp³-hybridized carbons (Fsp3) is 0.143. The van der Waals surface area contributed by atoms with Crippen LogP contribution in [0, 0.1) is 10.1 Å². The number of methoxy groups -OCH3 is 2. The van der Waals surface area contributed by atoms with Gasteiger partial charge in [0.2, 0.25) is 0 Å². The third-order valence-corrected chi connectivity index (χ3v) is 7.19.